The van der Waals surface area contributed by atoms with Gasteiger partial charge < -0.3 is 25.8 Å². The summed E-state index contributed by atoms with van der Waals surface area (Å²) in [5.41, 5.74) is 0.278. The maximum atomic E-state index is 12.4. The van der Waals surface area contributed by atoms with Gasteiger partial charge in [-0.15, -0.1) is 0 Å². The van der Waals surface area contributed by atoms with Crippen molar-refractivity contribution in [3.8, 4) is 5.75 Å². The first-order chi connectivity index (χ1) is 15.8. The van der Waals surface area contributed by atoms with Gasteiger partial charge in [0.1, 0.15) is 18.4 Å². The van der Waals surface area contributed by atoms with Gasteiger partial charge in [0.2, 0.25) is 10.0 Å². The van der Waals surface area contributed by atoms with Crippen molar-refractivity contribution in [1.82, 2.24) is 20.7 Å². The Bertz CT molecular complexity index is 1090. The summed E-state index contributed by atoms with van der Waals surface area (Å²) in [5, 5.41) is 18.0. The van der Waals surface area contributed by atoms with Gasteiger partial charge in [0.15, 0.2) is 5.96 Å². The molecule has 1 aliphatic heterocycles. The molecule has 3 rings (SSSR count). The van der Waals surface area contributed by atoms with E-state index in [1.165, 1.54) is 36.4 Å². The van der Waals surface area contributed by atoms with Crippen LogP contribution in [-0.2, 0) is 14.8 Å². The first-order valence-electron chi connectivity index (χ1n) is 10.2. The van der Waals surface area contributed by atoms with Crippen LogP contribution < -0.4 is 25.4 Å². The smallest absolute Gasteiger partial charge is 0.323 e. The van der Waals surface area contributed by atoms with E-state index in [9.17, 15) is 23.1 Å². The van der Waals surface area contributed by atoms with Gasteiger partial charge in [-0.05, 0) is 36.4 Å². The Labute approximate surface area is 191 Å². The number of sulfonamides is 1. The number of hydrogen-bond donors (Lipinski definition) is 5. The Morgan fingerprint density at radius 3 is 2.48 bits per heavy atom. The van der Waals surface area contributed by atoms with Gasteiger partial charge in [-0.2, -0.15) is 4.72 Å². The number of aliphatic carboxylic acids is 1. The summed E-state index contributed by atoms with van der Waals surface area (Å²) in [6, 6.07) is 12.2. The second-order valence-corrected chi connectivity index (χ2v) is 8.71. The van der Waals surface area contributed by atoms with Crippen LogP contribution in [-0.4, -0.2) is 70.2 Å². The fourth-order valence-corrected chi connectivity index (χ4v) is 4.10. The van der Waals surface area contributed by atoms with Crippen LogP contribution in [0.2, 0.25) is 0 Å². The van der Waals surface area contributed by atoms with Gasteiger partial charge in [-0.3, -0.25) is 14.6 Å². The number of carboxylic acid groups (broad SMARTS) is 1. The van der Waals surface area contributed by atoms with Crippen molar-refractivity contribution in [2.24, 2.45) is 4.99 Å². The molecular formula is C21H25N5O6S. The van der Waals surface area contributed by atoms with Crippen LogP contribution in [0.4, 0.5) is 0 Å². The molecule has 12 heteroatoms. The van der Waals surface area contributed by atoms with E-state index in [0.717, 1.165) is 19.0 Å². The number of benzene rings is 2. The Hall–Kier alpha value is -3.64. The number of nitrogens with zero attached hydrogens (tertiary/aromatic N) is 1. The molecule has 2 aromatic rings. The maximum Gasteiger partial charge on any atom is 0.323 e. The third-order valence-electron chi connectivity index (χ3n) is 4.57. The quantitative estimate of drug-likeness (QED) is 0.279. The molecule has 1 aliphatic rings. The lowest BCUT2D eigenvalue weighted by Crippen LogP contribution is -2.48. The summed E-state index contributed by atoms with van der Waals surface area (Å²) >= 11 is 0. The lowest BCUT2D eigenvalue weighted by Gasteiger charge is -2.16. The molecule has 0 aromatic heterocycles. The lowest BCUT2D eigenvalue weighted by molar-refractivity contribution is -0.138. The standard InChI is InChI=1S/C21H25N5O6S/c27-19(15-6-8-16(9-7-15)32-13-12-24-21-22-10-11-23-21)25-14-18(20(28)29)26-33(30,31)17-4-2-1-3-5-17/h1-9,18,26H,10-14H2,(H,25,27)(H,28,29)(H2,22,23,24). The molecule has 0 spiro atoms. The number of aliphatic imine (C=N–C) groups is 1. The molecule has 0 radical (unpaired) electrons. The number of hydrogen-bond acceptors (Lipinski definition) is 8. The van der Waals surface area contributed by atoms with E-state index in [-0.39, 0.29) is 10.5 Å². The fourth-order valence-electron chi connectivity index (χ4n) is 2.89. The molecule has 1 amide bonds. The first kappa shape index (κ1) is 24.0. The molecule has 0 saturated heterocycles. The van der Waals surface area contributed by atoms with E-state index in [0.29, 0.717) is 18.9 Å². The van der Waals surface area contributed by atoms with Crippen molar-refractivity contribution >= 4 is 27.9 Å². The Balaban J connectivity index is 1.48. The zero-order chi connectivity index (χ0) is 23.7. The number of carboxylic acids is 1. The summed E-state index contributed by atoms with van der Waals surface area (Å²) < 4.78 is 32.4. The predicted molar refractivity (Wildman–Crippen MR) is 121 cm³/mol. The van der Waals surface area contributed by atoms with Crippen LogP contribution in [0.15, 0.2) is 64.5 Å². The normalized spacial score (nSPS) is 14.0. The Kier molecular flexibility index (Phi) is 8.22. The minimum absolute atomic E-state index is 0.0686. The molecule has 11 nitrogen and oxygen atoms in total. The van der Waals surface area contributed by atoms with Gasteiger partial charge in [0.05, 0.1) is 18.0 Å². The van der Waals surface area contributed by atoms with Crippen molar-refractivity contribution in [3.63, 3.8) is 0 Å². The highest BCUT2D eigenvalue weighted by Gasteiger charge is 2.26. The van der Waals surface area contributed by atoms with Crippen molar-refractivity contribution in [2.75, 3.05) is 32.8 Å². The number of nitrogens with one attached hydrogen (secondary N) is 4. The van der Waals surface area contributed by atoms with Crippen molar-refractivity contribution in [1.29, 1.82) is 0 Å². The van der Waals surface area contributed by atoms with Crippen LogP contribution in [0.25, 0.3) is 0 Å². The minimum atomic E-state index is -4.05. The molecular weight excluding hydrogens is 450 g/mol. The highest BCUT2D eigenvalue weighted by atomic mass is 32.2. The van der Waals surface area contributed by atoms with E-state index in [4.69, 9.17) is 4.74 Å². The number of ether oxygens (including phenoxy) is 1. The van der Waals surface area contributed by atoms with E-state index >= 15 is 0 Å². The Morgan fingerprint density at radius 1 is 1.12 bits per heavy atom. The number of amides is 1. The molecule has 0 saturated carbocycles. The van der Waals surface area contributed by atoms with Crippen LogP contribution >= 0.6 is 0 Å². The summed E-state index contributed by atoms with van der Waals surface area (Å²) in [4.78, 5) is 28.0. The van der Waals surface area contributed by atoms with Gasteiger partial charge in [0.25, 0.3) is 5.91 Å². The van der Waals surface area contributed by atoms with Gasteiger partial charge in [-0.25, -0.2) is 8.42 Å². The molecule has 1 heterocycles. The van der Waals surface area contributed by atoms with E-state index in [2.05, 4.69) is 25.7 Å². The van der Waals surface area contributed by atoms with Crippen LogP contribution in [0.1, 0.15) is 10.4 Å². The summed E-state index contributed by atoms with van der Waals surface area (Å²) in [6.45, 7) is 2.09. The summed E-state index contributed by atoms with van der Waals surface area (Å²) in [5.74, 6) is -0.644. The summed E-state index contributed by atoms with van der Waals surface area (Å²) in [6.07, 6.45) is 0. The SMILES string of the molecule is O=C(NCC(NS(=O)(=O)c1ccccc1)C(=O)O)c1ccc(OCCNC2=NCCN2)cc1. The molecule has 176 valence electrons. The molecule has 5 N–H and O–H groups in total. The van der Waals surface area contributed by atoms with Gasteiger partial charge in [-0.1, -0.05) is 18.2 Å². The predicted octanol–water partition coefficient (Wildman–Crippen LogP) is -0.224. The second-order valence-electron chi connectivity index (χ2n) is 6.99. The van der Waals surface area contributed by atoms with Crippen LogP contribution in [0.3, 0.4) is 0 Å². The highest BCUT2D eigenvalue weighted by molar-refractivity contribution is 7.89. The van der Waals surface area contributed by atoms with E-state index in [1.807, 2.05) is 0 Å². The molecule has 1 unspecified atom stereocenters. The third kappa shape index (κ3) is 7.19. The number of rotatable bonds is 11. The molecule has 33 heavy (non-hydrogen) atoms. The average Bonchev–Trinajstić information content (AvgIpc) is 3.34. The van der Waals surface area contributed by atoms with Crippen molar-refractivity contribution < 1.29 is 27.9 Å². The lowest BCUT2D eigenvalue weighted by atomic mass is 10.2. The summed E-state index contributed by atoms with van der Waals surface area (Å²) in [7, 11) is -4.05. The zero-order valence-electron chi connectivity index (χ0n) is 17.7. The van der Waals surface area contributed by atoms with Crippen LogP contribution in [0, 0.1) is 0 Å². The number of carbonyl (C=O) groups excluding carboxylic acids is 1. The fraction of sp³-hybridized carbons (Fsp3) is 0.286. The van der Waals surface area contributed by atoms with Gasteiger partial charge in [0, 0.05) is 18.7 Å². The van der Waals surface area contributed by atoms with Crippen LogP contribution in [0.5, 0.6) is 5.75 Å². The average molecular weight is 476 g/mol. The molecule has 2 aromatic carbocycles. The molecule has 0 aliphatic carbocycles. The maximum absolute atomic E-state index is 12.4. The second kappa shape index (κ2) is 11.3. The molecule has 0 bridgehead atoms. The van der Waals surface area contributed by atoms with Crippen molar-refractivity contribution in [3.05, 3.63) is 60.2 Å². The largest absolute Gasteiger partial charge is 0.492 e. The third-order valence-corrected chi connectivity index (χ3v) is 6.06. The zero-order valence-corrected chi connectivity index (χ0v) is 18.5. The Morgan fingerprint density at radius 2 is 1.85 bits per heavy atom. The van der Waals surface area contributed by atoms with E-state index < -0.39 is 34.5 Å². The molecule has 0 fully saturated rings. The minimum Gasteiger partial charge on any atom is -0.492 e. The number of guanidine groups is 1. The van der Waals surface area contributed by atoms with Gasteiger partial charge >= 0.3 is 5.97 Å². The monoisotopic (exact) mass is 475 g/mol. The van der Waals surface area contributed by atoms with E-state index in [1.54, 1.807) is 18.2 Å². The first-order valence-corrected chi connectivity index (χ1v) is 11.7. The number of carbonyl (C=O) groups is 2. The highest BCUT2D eigenvalue weighted by Crippen LogP contribution is 2.12. The van der Waals surface area contributed by atoms with Crippen molar-refractivity contribution in [2.45, 2.75) is 10.9 Å². The topological polar surface area (TPSA) is 158 Å². The molecule has 1 atom stereocenters.